The van der Waals surface area contributed by atoms with Crippen molar-refractivity contribution in [1.29, 1.82) is 5.26 Å². The Bertz CT molecular complexity index is 1170. The van der Waals surface area contributed by atoms with Gasteiger partial charge in [-0.05, 0) is 42.1 Å². The number of thiophene rings is 1. The zero-order valence-electron chi connectivity index (χ0n) is 13.4. The number of fused-ring (bicyclic) bond motifs is 2. The third-order valence-electron chi connectivity index (χ3n) is 4.13. The summed E-state index contributed by atoms with van der Waals surface area (Å²) < 4.78 is 0.846. The Morgan fingerprint density at radius 1 is 1.12 bits per heavy atom. The summed E-state index contributed by atoms with van der Waals surface area (Å²) in [4.78, 5) is 17.8. The van der Waals surface area contributed by atoms with Gasteiger partial charge in [-0.3, -0.25) is 4.79 Å². The largest absolute Gasteiger partial charge is 0.306 e. The lowest BCUT2D eigenvalue weighted by molar-refractivity contribution is 0.103. The Labute approximate surface area is 148 Å². The van der Waals surface area contributed by atoms with Crippen molar-refractivity contribution in [2.75, 3.05) is 5.32 Å². The molecule has 2 aromatic carbocycles. The lowest BCUT2D eigenvalue weighted by Crippen LogP contribution is -2.12. The molecule has 0 aliphatic heterocycles. The monoisotopic (exact) mass is 343 g/mol. The van der Waals surface area contributed by atoms with Crippen LogP contribution >= 0.6 is 11.3 Å². The predicted octanol–water partition coefficient (Wildman–Crippen LogP) is 4.88. The minimum absolute atomic E-state index is 0.203. The Morgan fingerprint density at radius 3 is 2.80 bits per heavy atom. The van der Waals surface area contributed by atoms with E-state index in [1.165, 1.54) is 11.3 Å². The van der Waals surface area contributed by atoms with Crippen molar-refractivity contribution in [2.24, 2.45) is 0 Å². The molecule has 25 heavy (non-hydrogen) atoms. The third kappa shape index (κ3) is 2.63. The maximum atomic E-state index is 12.7. The molecule has 5 heteroatoms. The van der Waals surface area contributed by atoms with E-state index in [-0.39, 0.29) is 5.91 Å². The van der Waals surface area contributed by atoms with Gasteiger partial charge in [-0.25, -0.2) is 4.98 Å². The van der Waals surface area contributed by atoms with Crippen LogP contribution in [0.15, 0.2) is 54.6 Å². The van der Waals surface area contributed by atoms with Crippen molar-refractivity contribution in [2.45, 2.75) is 6.92 Å². The molecule has 0 saturated carbocycles. The quantitative estimate of drug-likeness (QED) is 0.564. The van der Waals surface area contributed by atoms with E-state index >= 15 is 0 Å². The molecular weight excluding hydrogens is 330 g/mol. The Morgan fingerprint density at radius 2 is 1.96 bits per heavy atom. The van der Waals surface area contributed by atoms with Gasteiger partial charge in [0.2, 0.25) is 0 Å². The Balaban J connectivity index is 1.72. The second kappa shape index (κ2) is 6.00. The van der Waals surface area contributed by atoms with Crippen molar-refractivity contribution in [3.63, 3.8) is 0 Å². The number of aryl methyl sites for hydroxylation is 1. The van der Waals surface area contributed by atoms with Crippen molar-refractivity contribution in [1.82, 2.24) is 4.98 Å². The fourth-order valence-corrected chi connectivity index (χ4v) is 4.02. The molecule has 0 bridgehead atoms. The summed E-state index contributed by atoms with van der Waals surface area (Å²) in [6.45, 7) is 1.91. The Kier molecular flexibility index (Phi) is 3.68. The van der Waals surface area contributed by atoms with Crippen LogP contribution in [-0.4, -0.2) is 10.9 Å². The van der Waals surface area contributed by atoms with Crippen LogP contribution in [0.5, 0.6) is 0 Å². The standard InChI is InChI=1S/C20H13N3OS/c1-12-15-7-4-6-14(11-21)19(15)25-18(12)20(24)23-17-10-9-13-5-2-3-8-16(13)22-17/h2-10H,1H3,(H,22,23,24). The van der Waals surface area contributed by atoms with Gasteiger partial charge in [-0.15, -0.1) is 11.3 Å². The number of amides is 1. The molecule has 0 atom stereocenters. The van der Waals surface area contributed by atoms with E-state index < -0.39 is 0 Å². The topological polar surface area (TPSA) is 65.8 Å². The summed E-state index contributed by atoms with van der Waals surface area (Å²) >= 11 is 1.34. The molecule has 2 aromatic heterocycles. The third-order valence-corrected chi connectivity index (χ3v) is 5.47. The van der Waals surface area contributed by atoms with Crippen LogP contribution < -0.4 is 5.32 Å². The van der Waals surface area contributed by atoms with E-state index in [0.29, 0.717) is 16.3 Å². The molecule has 0 unspecified atom stereocenters. The van der Waals surface area contributed by atoms with E-state index in [9.17, 15) is 10.1 Å². The molecule has 1 amide bonds. The maximum absolute atomic E-state index is 12.7. The zero-order chi connectivity index (χ0) is 17.4. The summed E-state index contributed by atoms with van der Waals surface area (Å²) in [7, 11) is 0. The van der Waals surface area contributed by atoms with Gasteiger partial charge in [0, 0.05) is 5.39 Å². The molecule has 0 aliphatic carbocycles. The number of nitrogens with zero attached hydrogens (tertiary/aromatic N) is 2. The van der Waals surface area contributed by atoms with Gasteiger partial charge in [0.15, 0.2) is 0 Å². The normalized spacial score (nSPS) is 10.7. The van der Waals surface area contributed by atoms with E-state index in [1.807, 2.05) is 49.4 Å². The van der Waals surface area contributed by atoms with E-state index in [0.717, 1.165) is 26.6 Å². The molecule has 4 aromatic rings. The number of anilines is 1. The number of hydrogen-bond acceptors (Lipinski definition) is 4. The minimum atomic E-state index is -0.203. The number of benzene rings is 2. The van der Waals surface area contributed by atoms with Crippen molar-refractivity contribution in [3.05, 3.63) is 70.6 Å². The van der Waals surface area contributed by atoms with Crippen LogP contribution in [0.4, 0.5) is 5.82 Å². The summed E-state index contributed by atoms with van der Waals surface area (Å²) in [6.07, 6.45) is 0. The Hall–Kier alpha value is -3.23. The molecule has 4 nitrogen and oxygen atoms in total. The molecule has 120 valence electrons. The fourth-order valence-electron chi connectivity index (χ4n) is 2.86. The molecule has 0 aliphatic rings. The first-order valence-corrected chi connectivity index (χ1v) is 8.58. The van der Waals surface area contributed by atoms with Gasteiger partial charge in [0.05, 0.1) is 20.7 Å². The highest BCUT2D eigenvalue weighted by atomic mass is 32.1. The number of para-hydroxylation sites is 1. The highest BCUT2D eigenvalue weighted by molar-refractivity contribution is 7.21. The van der Waals surface area contributed by atoms with Crippen molar-refractivity contribution >= 4 is 44.1 Å². The fraction of sp³-hybridized carbons (Fsp3) is 0.0500. The van der Waals surface area contributed by atoms with E-state index in [1.54, 1.807) is 12.1 Å². The first kappa shape index (κ1) is 15.3. The smallest absolute Gasteiger partial charge is 0.267 e. The highest BCUT2D eigenvalue weighted by Crippen LogP contribution is 2.33. The van der Waals surface area contributed by atoms with Gasteiger partial charge >= 0.3 is 0 Å². The van der Waals surface area contributed by atoms with E-state index in [2.05, 4.69) is 16.4 Å². The van der Waals surface area contributed by atoms with Crippen molar-refractivity contribution in [3.8, 4) is 6.07 Å². The molecule has 0 spiro atoms. The van der Waals surface area contributed by atoms with Gasteiger partial charge in [0.1, 0.15) is 11.9 Å². The van der Waals surface area contributed by atoms with Crippen LogP contribution in [0.1, 0.15) is 20.8 Å². The van der Waals surface area contributed by atoms with Gasteiger partial charge in [-0.1, -0.05) is 30.3 Å². The number of aromatic nitrogens is 1. The average molecular weight is 343 g/mol. The van der Waals surface area contributed by atoms with Gasteiger partial charge in [-0.2, -0.15) is 5.26 Å². The predicted molar refractivity (Wildman–Crippen MR) is 101 cm³/mol. The number of rotatable bonds is 2. The first-order valence-electron chi connectivity index (χ1n) is 7.77. The molecule has 2 heterocycles. The minimum Gasteiger partial charge on any atom is -0.306 e. The van der Waals surface area contributed by atoms with E-state index in [4.69, 9.17) is 0 Å². The second-order valence-corrected chi connectivity index (χ2v) is 6.71. The second-order valence-electron chi connectivity index (χ2n) is 5.69. The number of hydrogen-bond donors (Lipinski definition) is 1. The van der Waals surface area contributed by atoms with Crippen molar-refractivity contribution < 1.29 is 4.79 Å². The summed E-state index contributed by atoms with van der Waals surface area (Å²) in [6, 6.07) is 19.2. The van der Waals surface area contributed by atoms with Crippen LogP contribution in [-0.2, 0) is 0 Å². The maximum Gasteiger partial charge on any atom is 0.267 e. The number of pyridine rings is 1. The molecular formula is C20H13N3OS. The highest BCUT2D eigenvalue weighted by Gasteiger charge is 2.17. The van der Waals surface area contributed by atoms with Crippen LogP contribution in [0, 0.1) is 18.3 Å². The molecule has 0 radical (unpaired) electrons. The zero-order valence-corrected chi connectivity index (χ0v) is 14.2. The van der Waals surface area contributed by atoms with Gasteiger partial charge < -0.3 is 5.32 Å². The van der Waals surface area contributed by atoms with Gasteiger partial charge in [0.25, 0.3) is 5.91 Å². The molecule has 1 N–H and O–H groups in total. The first-order chi connectivity index (χ1) is 12.2. The SMILES string of the molecule is Cc1c(C(=O)Nc2ccc3ccccc3n2)sc2c(C#N)cccc12. The van der Waals surface area contributed by atoms with Crippen LogP contribution in [0.3, 0.4) is 0 Å². The molecule has 0 saturated heterocycles. The summed E-state index contributed by atoms with van der Waals surface area (Å²) in [5, 5.41) is 14.1. The van der Waals surface area contributed by atoms with Crippen LogP contribution in [0.25, 0.3) is 21.0 Å². The number of nitrogens with one attached hydrogen (secondary N) is 1. The number of carbonyl (C=O) groups excluding carboxylic acids is 1. The summed E-state index contributed by atoms with van der Waals surface area (Å²) in [5.41, 5.74) is 2.31. The number of carbonyl (C=O) groups is 1. The van der Waals surface area contributed by atoms with Crippen LogP contribution in [0.2, 0.25) is 0 Å². The molecule has 4 rings (SSSR count). The average Bonchev–Trinajstić information content (AvgIpc) is 2.99. The summed E-state index contributed by atoms with van der Waals surface area (Å²) in [5.74, 6) is 0.312. The number of nitriles is 1. The lowest BCUT2D eigenvalue weighted by Gasteiger charge is -2.05. The molecule has 0 fully saturated rings. The lowest BCUT2D eigenvalue weighted by atomic mass is 10.1.